The van der Waals surface area contributed by atoms with Gasteiger partial charge < -0.3 is 14.6 Å². The van der Waals surface area contributed by atoms with E-state index >= 15 is 0 Å². The van der Waals surface area contributed by atoms with Gasteiger partial charge in [-0.15, -0.1) is 0 Å². The molecule has 2 saturated heterocycles. The van der Waals surface area contributed by atoms with Gasteiger partial charge in [-0.25, -0.2) is 0 Å². The molecule has 0 radical (unpaired) electrons. The van der Waals surface area contributed by atoms with E-state index in [0.717, 1.165) is 12.8 Å². The molecule has 0 saturated carbocycles. The number of carboxylic acid groups (broad SMARTS) is 1. The fraction of sp³-hybridized carbons (Fsp3) is 0.889. The molecule has 2 unspecified atom stereocenters. The number of fused-ring (bicyclic) bond motifs is 2. The van der Waals surface area contributed by atoms with Crippen LogP contribution in [0.15, 0.2) is 0 Å². The summed E-state index contributed by atoms with van der Waals surface area (Å²) in [7, 11) is 0. The summed E-state index contributed by atoms with van der Waals surface area (Å²) in [6.45, 7) is 2.44. The Kier molecular flexibility index (Phi) is 2.26. The maximum absolute atomic E-state index is 10.9. The van der Waals surface area contributed by atoms with E-state index in [1.165, 1.54) is 0 Å². The van der Waals surface area contributed by atoms with Crippen LogP contribution in [0.5, 0.6) is 0 Å². The third kappa shape index (κ3) is 1.34. The maximum atomic E-state index is 10.9. The van der Waals surface area contributed by atoms with Crippen molar-refractivity contribution in [1.82, 2.24) is 0 Å². The first-order valence-electron chi connectivity index (χ1n) is 4.74. The molecule has 2 rings (SSSR count). The molecule has 2 bridgehead atoms. The second-order valence-electron chi connectivity index (χ2n) is 3.57. The lowest BCUT2D eigenvalue weighted by Gasteiger charge is -2.24. The average Bonchev–Trinajstić information content (AvgIpc) is 2.63. The molecule has 0 aromatic rings. The van der Waals surface area contributed by atoms with Crippen LogP contribution >= 0.6 is 0 Å². The second kappa shape index (κ2) is 3.27. The standard InChI is InChI=1S/C9H14O4/c1-2-12-8-6-4-3-5(13-6)7(8)9(10)11/h5-8H,2-4H2,1H3,(H,10,11)/t5-,6+,7?,8?/m1/s1. The SMILES string of the molecule is CCOC1C(C(=O)O)[C@H]2CC[C@@H]1O2. The molecule has 0 spiro atoms. The van der Waals surface area contributed by atoms with E-state index in [9.17, 15) is 4.79 Å². The molecular weight excluding hydrogens is 172 g/mol. The molecule has 0 aromatic heterocycles. The van der Waals surface area contributed by atoms with Gasteiger partial charge in [-0.1, -0.05) is 0 Å². The smallest absolute Gasteiger partial charge is 0.311 e. The van der Waals surface area contributed by atoms with Crippen LogP contribution in [-0.4, -0.2) is 36.0 Å². The minimum absolute atomic E-state index is 0.0195. The molecule has 2 fully saturated rings. The Hall–Kier alpha value is -0.610. The van der Waals surface area contributed by atoms with E-state index < -0.39 is 11.9 Å². The van der Waals surface area contributed by atoms with Crippen LogP contribution in [0.4, 0.5) is 0 Å². The quantitative estimate of drug-likeness (QED) is 0.703. The van der Waals surface area contributed by atoms with Gasteiger partial charge in [0.1, 0.15) is 5.92 Å². The van der Waals surface area contributed by atoms with Crippen LogP contribution in [0.25, 0.3) is 0 Å². The minimum atomic E-state index is -0.786. The summed E-state index contributed by atoms with van der Waals surface area (Å²) in [4.78, 5) is 10.9. The zero-order valence-electron chi connectivity index (χ0n) is 7.60. The van der Waals surface area contributed by atoms with Crippen LogP contribution in [0.3, 0.4) is 0 Å². The molecule has 0 amide bonds. The predicted molar refractivity (Wildman–Crippen MR) is 44.4 cm³/mol. The number of hydrogen-bond donors (Lipinski definition) is 1. The van der Waals surface area contributed by atoms with E-state index in [1.807, 2.05) is 6.92 Å². The highest BCUT2D eigenvalue weighted by Crippen LogP contribution is 2.40. The topological polar surface area (TPSA) is 55.8 Å². The van der Waals surface area contributed by atoms with Crippen LogP contribution in [-0.2, 0) is 14.3 Å². The van der Waals surface area contributed by atoms with Crippen molar-refractivity contribution < 1.29 is 19.4 Å². The van der Waals surface area contributed by atoms with Gasteiger partial charge in [-0.3, -0.25) is 4.79 Å². The van der Waals surface area contributed by atoms with Crippen molar-refractivity contribution in [2.45, 2.75) is 38.1 Å². The molecule has 1 N–H and O–H groups in total. The Labute approximate surface area is 76.8 Å². The third-order valence-corrected chi connectivity index (χ3v) is 2.85. The molecule has 4 nitrogen and oxygen atoms in total. The predicted octanol–water partition coefficient (Wildman–Crippen LogP) is 0.653. The van der Waals surface area contributed by atoms with Crippen molar-refractivity contribution in [2.75, 3.05) is 6.61 Å². The Bertz CT molecular complexity index is 216. The van der Waals surface area contributed by atoms with Crippen LogP contribution < -0.4 is 0 Å². The Morgan fingerprint density at radius 1 is 1.54 bits per heavy atom. The Balaban J connectivity index is 2.10. The average molecular weight is 186 g/mol. The number of aliphatic carboxylic acids is 1. The molecule has 4 heteroatoms. The molecule has 2 heterocycles. The van der Waals surface area contributed by atoms with Gasteiger partial charge >= 0.3 is 5.97 Å². The molecular formula is C9H14O4. The highest BCUT2D eigenvalue weighted by Gasteiger charge is 2.53. The molecule has 2 aliphatic heterocycles. The first kappa shape index (κ1) is 8.97. The van der Waals surface area contributed by atoms with Gasteiger partial charge in [0.05, 0.1) is 18.3 Å². The fourth-order valence-corrected chi connectivity index (χ4v) is 2.34. The lowest BCUT2D eigenvalue weighted by Crippen LogP contribution is -2.39. The highest BCUT2D eigenvalue weighted by atomic mass is 16.6. The van der Waals surface area contributed by atoms with Gasteiger partial charge in [0.2, 0.25) is 0 Å². The van der Waals surface area contributed by atoms with Crippen molar-refractivity contribution in [2.24, 2.45) is 5.92 Å². The number of carbonyl (C=O) groups is 1. The lowest BCUT2D eigenvalue weighted by atomic mass is 9.86. The molecule has 2 aliphatic rings. The fourth-order valence-electron chi connectivity index (χ4n) is 2.34. The molecule has 74 valence electrons. The summed E-state index contributed by atoms with van der Waals surface area (Å²) in [6, 6.07) is 0. The molecule has 4 atom stereocenters. The van der Waals surface area contributed by atoms with E-state index in [4.69, 9.17) is 14.6 Å². The normalized spacial score (nSPS) is 42.5. The van der Waals surface area contributed by atoms with Gasteiger partial charge in [0.25, 0.3) is 0 Å². The zero-order chi connectivity index (χ0) is 9.42. The Morgan fingerprint density at radius 2 is 2.23 bits per heavy atom. The summed E-state index contributed by atoms with van der Waals surface area (Å²) in [5.74, 6) is -1.23. The van der Waals surface area contributed by atoms with Gasteiger partial charge in [-0.05, 0) is 19.8 Å². The molecule has 13 heavy (non-hydrogen) atoms. The van der Waals surface area contributed by atoms with Crippen LogP contribution in [0, 0.1) is 5.92 Å². The first-order valence-corrected chi connectivity index (χ1v) is 4.74. The largest absolute Gasteiger partial charge is 0.481 e. The monoisotopic (exact) mass is 186 g/mol. The third-order valence-electron chi connectivity index (χ3n) is 2.85. The summed E-state index contributed by atoms with van der Waals surface area (Å²) in [5, 5.41) is 8.97. The summed E-state index contributed by atoms with van der Waals surface area (Å²) >= 11 is 0. The van der Waals surface area contributed by atoms with Crippen molar-refractivity contribution in [3.8, 4) is 0 Å². The molecule has 0 aliphatic carbocycles. The number of rotatable bonds is 3. The number of carboxylic acids is 1. The zero-order valence-corrected chi connectivity index (χ0v) is 7.60. The summed E-state index contributed by atoms with van der Waals surface area (Å²) in [6.07, 6.45) is 1.50. The van der Waals surface area contributed by atoms with E-state index in [-0.39, 0.29) is 18.3 Å². The first-order chi connectivity index (χ1) is 6.24. The summed E-state index contributed by atoms with van der Waals surface area (Å²) < 4.78 is 10.9. The van der Waals surface area contributed by atoms with Gasteiger partial charge in [0.15, 0.2) is 0 Å². The van der Waals surface area contributed by atoms with E-state index in [1.54, 1.807) is 0 Å². The maximum Gasteiger partial charge on any atom is 0.311 e. The number of ether oxygens (including phenoxy) is 2. The van der Waals surface area contributed by atoms with Crippen LogP contribution in [0.2, 0.25) is 0 Å². The van der Waals surface area contributed by atoms with Gasteiger partial charge in [-0.2, -0.15) is 0 Å². The van der Waals surface area contributed by atoms with Crippen molar-refractivity contribution in [3.05, 3.63) is 0 Å². The van der Waals surface area contributed by atoms with Crippen molar-refractivity contribution >= 4 is 5.97 Å². The highest BCUT2D eigenvalue weighted by molar-refractivity contribution is 5.72. The minimum Gasteiger partial charge on any atom is -0.481 e. The van der Waals surface area contributed by atoms with Crippen molar-refractivity contribution in [1.29, 1.82) is 0 Å². The van der Waals surface area contributed by atoms with Crippen LogP contribution in [0.1, 0.15) is 19.8 Å². The number of hydrogen-bond acceptors (Lipinski definition) is 3. The summed E-state index contributed by atoms with van der Waals surface area (Å²) in [5.41, 5.74) is 0. The van der Waals surface area contributed by atoms with E-state index in [0.29, 0.717) is 6.61 Å². The lowest BCUT2D eigenvalue weighted by molar-refractivity contribution is -0.148. The molecule has 0 aromatic carbocycles. The van der Waals surface area contributed by atoms with Gasteiger partial charge in [0, 0.05) is 6.61 Å². The van der Waals surface area contributed by atoms with E-state index in [2.05, 4.69) is 0 Å². The van der Waals surface area contributed by atoms with Crippen molar-refractivity contribution in [3.63, 3.8) is 0 Å². The second-order valence-corrected chi connectivity index (χ2v) is 3.57. The Morgan fingerprint density at radius 3 is 2.85 bits per heavy atom.